The molecule has 1 saturated carbocycles. The first-order valence-corrected chi connectivity index (χ1v) is 7.29. The molecule has 2 rings (SSSR count). The Labute approximate surface area is 114 Å². The van der Waals surface area contributed by atoms with E-state index < -0.39 is 27.0 Å². The Morgan fingerprint density at radius 2 is 2.10 bits per heavy atom. The van der Waals surface area contributed by atoms with Gasteiger partial charge in [-0.1, -0.05) is 6.07 Å². The Hall–Kier alpha value is -2.00. The number of nitro groups is 1. The van der Waals surface area contributed by atoms with Gasteiger partial charge in [-0.25, -0.2) is 8.42 Å². The molecule has 1 aliphatic carbocycles. The van der Waals surface area contributed by atoms with Crippen LogP contribution >= 0.6 is 0 Å². The van der Waals surface area contributed by atoms with Crippen LogP contribution in [0.15, 0.2) is 29.2 Å². The third kappa shape index (κ3) is 3.11. The van der Waals surface area contributed by atoms with Crippen molar-refractivity contribution in [2.45, 2.75) is 23.8 Å². The number of carbonyl (C=O) groups is 1. The second-order valence-electron chi connectivity index (χ2n) is 4.53. The van der Waals surface area contributed by atoms with Gasteiger partial charge in [-0.15, -0.1) is 0 Å². The second-order valence-corrected chi connectivity index (χ2v) is 6.24. The lowest BCUT2D eigenvalue weighted by Crippen LogP contribution is -2.42. The molecular formula is C11H12N2O6S. The average Bonchev–Trinajstić information content (AvgIpc) is 3.20. The van der Waals surface area contributed by atoms with Crippen LogP contribution in [0.25, 0.3) is 0 Å². The SMILES string of the molecule is O=C(O)C(NS(=O)(=O)c1cccc([N+](=O)[O-])c1)C1CC1. The number of aliphatic carboxylic acids is 1. The number of nitrogens with zero attached hydrogens (tertiary/aromatic N) is 1. The van der Waals surface area contributed by atoms with Gasteiger partial charge in [0.25, 0.3) is 5.69 Å². The topological polar surface area (TPSA) is 127 Å². The smallest absolute Gasteiger partial charge is 0.322 e. The molecule has 0 spiro atoms. The van der Waals surface area contributed by atoms with Crippen molar-refractivity contribution in [3.63, 3.8) is 0 Å². The van der Waals surface area contributed by atoms with Crippen LogP contribution in [0.3, 0.4) is 0 Å². The zero-order valence-corrected chi connectivity index (χ0v) is 11.0. The molecule has 1 fully saturated rings. The van der Waals surface area contributed by atoms with Crippen molar-refractivity contribution in [2.24, 2.45) is 5.92 Å². The second kappa shape index (κ2) is 5.17. The monoisotopic (exact) mass is 300 g/mol. The lowest BCUT2D eigenvalue weighted by atomic mass is 10.2. The average molecular weight is 300 g/mol. The van der Waals surface area contributed by atoms with Crippen LogP contribution in [0.4, 0.5) is 5.69 Å². The molecule has 108 valence electrons. The molecule has 1 unspecified atom stereocenters. The van der Waals surface area contributed by atoms with Crippen molar-refractivity contribution >= 4 is 21.7 Å². The van der Waals surface area contributed by atoms with E-state index in [1.165, 1.54) is 12.1 Å². The normalized spacial score (nSPS) is 16.6. The van der Waals surface area contributed by atoms with Crippen molar-refractivity contribution in [1.29, 1.82) is 0 Å². The minimum Gasteiger partial charge on any atom is -0.480 e. The zero-order chi connectivity index (χ0) is 14.9. The van der Waals surface area contributed by atoms with E-state index in [0.29, 0.717) is 12.8 Å². The van der Waals surface area contributed by atoms with Crippen LogP contribution in [0.1, 0.15) is 12.8 Å². The molecule has 1 aliphatic rings. The van der Waals surface area contributed by atoms with E-state index in [1.807, 2.05) is 0 Å². The van der Waals surface area contributed by atoms with E-state index >= 15 is 0 Å². The van der Waals surface area contributed by atoms with E-state index in [4.69, 9.17) is 5.11 Å². The molecule has 0 saturated heterocycles. The summed E-state index contributed by atoms with van der Waals surface area (Å²) in [4.78, 5) is 20.6. The van der Waals surface area contributed by atoms with Crippen molar-refractivity contribution < 1.29 is 23.2 Å². The number of carboxylic acids is 1. The van der Waals surface area contributed by atoms with Crippen LogP contribution in [-0.4, -0.2) is 30.5 Å². The predicted octanol–water partition coefficient (Wildman–Crippen LogP) is 0.736. The molecule has 2 N–H and O–H groups in total. The lowest BCUT2D eigenvalue weighted by Gasteiger charge is -2.13. The Kier molecular flexibility index (Phi) is 3.73. The van der Waals surface area contributed by atoms with Crippen LogP contribution in [0.5, 0.6) is 0 Å². The summed E-state index contributed by atoms with van der Waals surface area (Å²) >= 11 is 0. The number of hydrogen-bond acceptors (Lipinski definition) is 5. The van der Waals surface area contributed by atoms with Gasteiger partial charge in [0.15, 0.2) is 0 Å². The number of carboxylic acid groups (broad SMARTS) is 1. The molecular weight excluding hydrogens is 288 g/mol. The maximum absolute atomic E-state index is 12.1. The van der Waals surface area contributed by atoms with Gasteiger partial charge in [0, 0.05) is 12.1 Å². The number of sulfonamides is 1. The van der Waals surface area contributed by atoms with E-state index in [2.05, 4.69) is 4.72 Å². The number of nitrogens with one attached hydrogen (secondary N) is 1. The molecule has 0 radical (unpaired) electrons. The van der Waals surface area contributed by atoms with Crippen LogP contribution < -0.4 is 4.72 Å². The molecule has 0 aromatic heterocycles. The molecule has 1 aromatic carbocycles. The molecule has 0 bridgehead atoms. The fraction of sp³-hybridized carbons (Fsp3) is 0.364. The van der Waals surface area contributed by atoms with E-state index in [-0.39, 0.29) is 16.5 Å². The minimum absolute atomic E-state index is 0.221. The lowest BCUT2D eigenvalue weighted by molar-refractivity contribution is -0.385. The van der Waals surface area contributed by atoms with Crippen molar-refractivity contribution in [3.8, 4) is 0 Å². The number of non-ortho nitro benzene ring substituents is 1. The standard InChI is InChI=1S/C11H12N2O6S/c14-11(15)10(7-4-5-7)12-20(18,19)9-3-1-2-8(6-9)13(16)17/h1-3,6-7,10,12H,4-5H2,(H,14,15). The largest absolute Gasteiger partial charge is 0.480 e. The van der Waals surface area contributed by atoms with Crippen LogP contribution in [0.2, 0.25) is 0 Å². The van der Waals surface area contributed by atoms with Gasteiger partial charge >= 0.3 is 5.97 Å². The maximum atomic E-state index is 12.1. The zero-order valence-electron chi connectivity index (χ0n) is 10.2. The van der Waals surface area contributed by atoms with Crippen LogP contribution in [-0.2, 0) is 14.8 Å². The Morgan fingerprint density at radius 3 is 2.60 bits per heavy atom. The summed E-state index contributed by atoms with van der Waals surface area (Å²) in [5, 5.41) is 19.6. The first-order valence-electron chi connectivity index (χ1n) is 5.81. The van der Waals surface area contributed by atoms with Crippen molar-refractivity contribution in [1.82, 2.24) is 4.72 Å². The molecule has 20 heavy (non-hydrogen) atoms. The predicted molar refractivity (Wildman–Crippen MR) is 67.6 cm³/mol. The molecule has 0 aliphatic heterocycles. The minimum atomic E-state index is -4.10. The summed E-state index contributed by atoms with van der Waals surface area (Å²) in [6, 6.07) is 3.28. The third-order valence-corrected chi connectivity index (χ3v) is 4.42. The summed E-state index contributed by atoms with van der Waals surface area (Å²) < 4.78 is 26.2. The molecule has 0 amide bonds. The molecule has 8 nitrogen and oxygen atoms in total. The summed E-state index contributed by atoms with van der Waals surface area (Å²) in [5.41, 5.74) is -0.369. The van der Waals surface area contributed by atoms with Gasteiger partial charge in [0.2, 0.25) is 10.0 Å². The molecule has 0 heterocycles. The van der Waals surface area contributed by atoms with Gasteiger partial charge in [0.1, 0.15) is 6.04 Å². The Balaban J connectivity index is 2.27. The first kappa shape index (κ1) is 14.4. The van der Waals surface area contributed by atoms with Crippen molar-refractivity contribution in [2.75, 3.05) is 0 Å². The van der Waals surface area contributed by atoms with E-state index in [0.717, 1.165) is 12.1 Å². The molecule has 9 heteroatoms. The highest BCUT2D eigenvalue weighted by Crippen LogP contribution is 2.33. The highest BCUT2D eigenvalue weighted by Gasteiger charge is 2.39. The highest BCUT2D eigenvalue weighted by molar-refractivity contribution is 7.89. The van der Waals surface area contributed by atoms with Gasteiger partial charge < -0.3 is 5.11 Å². The number of rotatable bonds is 6. The fourth-order valence-electron chi connectivity index (χ4n) is 1.78. The van der Waals surface area contributed by atoms with Crippen molar-refractivity contribution in [3.05, 3.63) is 34.4 Å². The van der Waals surface area contributed by atoms with Gasteiger partial charge in [-0.2, -0.15) is 4.72 Å². The van der Waals surface area contributed by atoms with Gasteiger partial charge in [-0.3, -0.25) is 14.9 Å². The number of nitro benzene ring substituents is 1. The molecule has 1 atom stereocenters. The van der Waals surface area contributed by atoms with Gasteiger partial charge in [0.05, 0.1) is 9.82 Å². The Morgan fingerprint density at radius 1 is 1.45 bits per heavy atom. The highest BCUT2D eigenvalue weighted by atomic mass is 32.2. The Bertz CT molecular complexity index is 653. The third-order valence-electron chi connectivity index (χ3n) is 2.98. The quantitative estimate of drug-likeness (QED) is 0.589. The first-order chi connectivity index (χ1) is 9.31. The number of benzene rings is 1. The summed E-state index contributed by atoms with van der Waals surface area (Å²) in [6.07, 6.45) is 1.29. The molecule has 1 aromatic rings. The fourth-order valence-corrected chi connectivity index (χ4v) is 3.07. The number of hydrogen-bond donors (Lipinski definition) is 2. The van der Waals surface area contributed by atoms with E-state index in [1.54, 1.807) is 0 Å². The maximum Gasteiger partial charge on any atom is 0.322 e. The summed E-state index contributed by atoms with van der Waals surface area (Å²) in [7, 11) is -4.10. The van der Waals surface area contributed by atoms with E-state index in [9.17, 15) is 23.3 Å². The summed E-state index contributed by atoms with van der Waals surface area (Å²) in [5.74, 6) is -1.47. The summed E-state index contributed by atoms with van der Waals surface area (Å²) in [6.45, 7) is 0. The van der Waals surface area contributed by atoms with Gasteiger partial charge in [-0.05, 0) is 24.8 Å². The van der Waals surface area contributed by atoms with Crippen LogP contribution in [0, 0.1) is 16.0 Å².